The van der Waals surface area contributed by atoms with E-state index >= 15 is 0 Å². The van der Waals surface area contributed by atoms with E-state index in [2.05, 4.69) is 30.6 Å². The fraction of sp³-hybridized carbons (Fsp3) is 0.636. The Morgan fingerprint density at radius 3 is 2.04 bits per heavy atom. The average Bonchev–Trinajstić information content (AvgIpc) is 3.48. The number of nitrogens with one attached hydrogen (secondary N) is 5. The second-order valence-electron chi connectivity index (χ2n) is 14.0. The summed E-state index contributed by atoms with van der Waals surface area (Å²) in [4.78, 5) is 47.4. The van der Waals surface area contributed by atoms with Crippen molar-refractivity contribution in [1.82, 2.24) is 34.9 Å². The summed E-state index contributed by atoms with van der Waals surface area (Å²) in [6.45, 7) is 12.7. The molecule has 270 valence electrons. The van der Waals surface area contributed by atoms with Crippen LogP contribution in [0, 0.1) is 11.8 Å². The minimum atomic E-state index is -3.78. The zero-order chi connectivity index (χ0) is 36.2. The van der Waals surface area contributed by atoms with Gasteiger partial charge < -0.3 is 30.8 Å². The van der Waals surface area contributed by atoms with Gasteiger partial charge in [-0.1, -0.05) is 58.0 Å². The van der Waals surface area contributed by atoms with Gasteiger partial charge in [-0.25, -0.2) is 9.78 Å². The molecule has 0 aliphatic carbocycles. The van der Waals surface area contributed by atoms with Gasteiger partial charge in [0.05, 0.1) is 18.5 Å². The SMILES string of the molecule is CC(C)C[C@H](NC(=O)[C@H](Cc1cnc[nH]1)NC(=O)[C@H](Cc1ccccc1)NC(=O)OC(C)(C)C)[C@@H](O)C[C@H](NS(=O)(=O)N(C)C)C(C)C. The summed E-state index contributed by atoms with van der Waals surface area (Å²) in [5, 5.41) is 19.8. The van der Waals surface area contributed by atoms with Gasteiger partial charge in [0.25, 0.3) is 10.2 Å². The number of amides is 3. The van der Waals surface area contributed by atoms with E-state index in [1.807, 2.05) is 58.0 Å². The quantitative estimate of drug-likeness (QED) is 0.137. The fourth-order valence-corrected chi connectivity index (χ4v) is 5.85. The Bertz CT molecular complexity index is 1400. The zero-order valence-electron chi connectivity index (χ0n) is 29.6. The highest BCUT2D eigenvalue weighted by Gasteiger charge is 2.33. The van der Waals surface area contributed by atoms with Crippen LogP contribution in [0.2, 0.25) is 0 Å². The van der Waals surface area contributed by atoms with Gasteiger partial charge >= 0.3 is 6.09 Å². The van der Waals surface area contributed by atoms with Gasteiger partial charge in [0.1, 0.15) is 17.7 Å². The molecule has 0 bridgehead atoms. The molecular weight excluding hydrogens is 638 g/mol. The number of aliphatic hydroxyl groups excluding tert-OH is 1. The third kappa shape index (κ3) is 14.3. The van der Waals surface area contributed by atoms with Gasteiger partial charge in [0.2, 0.25) is 11.8 Å². The van der Waals surface area contributed by atoms with E-state index in [-0.39, 0.29) is 31.1 Å². The summed E-state index contributed by atoms with van der Waals surface area (Å²) in [6, 6.07) is 5.57. The van der Waals surface area contributed by atoms with E-state index < -0.39 is 64.0 Å². The van der Waals surface area contributed by atoms with Gasteiger partial charge in [-0.05, 0) is 51.0 Å². The van der Waals surface area contributed by atoms with Crippen molar-refractivity contribution in [3.8, 4) is 0 Å². The molecular formula is C33H55N7O7S. The minimum absolute atomic E-state index is 0.0406. The first kappa shape index (κ1) is 40.6. The van der Waals surface area contributed by atoms with Gasteiger partial charge in [-0.15, -0.1) is 0 Å². The molecule has 0 unspecified atom stereocenters. The van der Waals surface area contributed by atoms with Crippen molar-refractivity contribution in [3.05, 3.63) is 54.1 Å². The molecule has 2 rings (SSSR count). The van der Waals surface area contributed by atoms with Crippen LogP contribution in [0.15, 0.2) is 42.9 Å². The van der Waals surface area contributed by atoms with Crippen LogP contribution in [0.3, 0.4) is 0 Å². The largest absolute Gasteiger partial charge is 0.444 e. The van der Waals surface area contributed by atoms with E-state index in [9.17, 15) is 27.9 Å². The van der Waals surface area contributed by atoms with Crippen molar-refractivity contribution in [2.75, 3.05) is 14.1 Å². The molecule has 0 spiro atoms. The predicted molar refractivity (Wildman–Crippen MR) is 184 cm³/mol. The molecule has 0 saturated heterocycles. The monoisotopic (exact) mass is 693 g/mol. The van der Waals surface area contributed by atoms with Crippen LogP contribution in [0.25, 0.3) is 0 Å². The summed E-state index contributed by atoms with van der Waals surface area (Å²) < 4.78 is 34.3. The number of benzene rings is 1. The summed E-state index contributed by atoms with van der Waals surface area (Å²) >= 11 is 0. The molecule has 0 fully saturated rings. The number of ether oxygens (including phenoxy) is 1. The number of aliphatic hydroxyl groups is 1. The number of carbonyl (C=O) groups is 3. The Kier molecular flexibility index (Phi) is 15.5. The minimum Gasteiger partial charge on any atom is -0.444 e. The van der Waals surface area contributed by atoms with E-state index in [0.29, 0.717) is 12.1 Å². The topological polar surface area (TPSA) is 195 Å². The highest BCUT2D eigenvalue weighted by atomic mass is 32.2. The molecule has 6 N–H and O–H groups in total. The van der Waals surface area contributed by atoms with E-state index in [1.54, 1.807) is 20.8 Å². The lowest BCUT2D eigenvalue weighted by molar-refractivity contribution is -0.131. The Morgan fingerprint density at radius 1 is 0.917 bits per heavy atom. The van der Waals surface area contributed by atoms with Crippen molar-refractivity contribution in [1.29, 1.82) is 0 Å². The van der Waals surface area contributed by atoms with Crippen LogP contribution in [-0.2, 0) is 37.4 Å². The summed E-state index contributed by atoms with van der Waals surface area (Å²) in [5.41, 5.74) is 0.565. The first-order chi connectivity index (χ1) is 22.3. The molecule has 0 saturated carbocycles. The molecule has 0 aliphatic rings. The summed E-state index contributed by atoms with van der Waals surface area (Å²) in [7, 11) is -0.944. The van der Waals surface area contributed by atoms with Crippen molar-refractivity contribution in [2.24, 2.45) is 11.8 Å². The highest BCUT2D eigenvalue weighted by Crippen LogP contribution is 2.18. The van der Waals surface area contributed by atoms with Crippen LogP contribution >= 0.6 is 0 Å². The molecule has 1 heterocycles. The first-order valence-corrected chi connectivity index (χ1v) is 17.7. The standard InChI is InChI=1S/C33H55N7O7S/c1-21(2)15-26(29(41)18-25(22(3)4)39-48(45,46)40(8)9)36-31(43)28(17-24-19-34-20-35-24)37-30(42)27(16-23-13-11-10-12-14-23)38-32(44)47-33(5,6)7/h10-14,19-22,25-29,39,41H,15-18H2,1-9H3,(H,34,35)(H,36,43)(H,37,42)(H,38,44)/t25-,26-,27-,28-,29-/m0/s1. The summed E-state index contributed by atoms with van der Waals surface area (Å²) in [6.07, 6.45) is 1.72. The van der Waals surface area contributed by atoms with Crippen molar-refractivity contribution in [2.45, 2.75) is 110 Å². The summed E-state index contributed by atoms with van der Waals surface area (Å²) in [5.74, 6) is -1.26. The number of hydrogen-bond acceptors (Lipinski definition) is 8. The number of rotatable bonds is 18. The first-order valence-electron chi connectivity index (χ1n) is 16.3. The number of hydrogen-bond donors (Lipinski definition) is 6. The van der Waals surface area contributed by atoms with Gasteiger partial charge in [0.15, 0.2) is 0 Å². The number of aromatic amines is 1. The van der Waals surface area contributed by atoms with Crippen LogP contribution < -0.4 is 20.7 Å². The van der Waals surface area contributed by atoms with Crippen molar-refractivity contribution in [3.63, 3.8) is 0 Å². The van der Waals surface area contributed by atoms with Crippen molar-refractivity contribution >= 4 is 28.1 Å². The normalized spacial score (nSPS) is 15.4. The Labute approximate surface area is 285 Å². The third-order valence-corrected chi connectivity index (χ3v) is 9.06. The van der Waals surface area contributed by atoms with Crippen LogP contribution in [0.4, 0.5) is 4.79 Å². The lowest BCUT2D eigenvalue weighted by atomic mass is 9.91. The molecule has 15 heteroatoms. The molecule has 1 aromatic carbocycles. The Balaban J connectivity index is 2.34. The van der Waals surface area contributed by atoms with Gasteiger partial charge in [-0.3, -0.25) is 9.59 Å². The average molecular weight is 694 g/mol. The number of aromatic nitrogens is 2. The Hall–Kier alpha value is -3.53. The third-order valence-electron chi connectivity index (χ3n) is 7.50. The van der Waals surface area contributed by atoms with Gasteiger partial charge in [0, 0.05) is 44.9 Å². The second-order valence-corrected chi connectivity index (χ2v) is 16.0. The van der Waals surface area contributed by atoms with Crippen LogP contribution in [0.1, 0.15) is 72.6 Å². The van der Waals surface area contributed by atoms with E-state index in [4.69, 9.17) is 4.74 Å². The molecule has 0 aliphatic heterocycles. The van der Waals surface area contributed by atoms with E-state index in [0.717, 1.165) is 9.87 Å². The maximum absolute atomic E-state index is 13.9. The number of nitrogens with zero attached hydrogens (tertiary/aromatic N) is 2. The molecule has 0 radical (unpaired) electrons. The zero-order valence-corrected chi connectivity index (χ0v) is 30.4. The van der Waals surface area contributed by atoms with Crippen molar-refractivity contribution < 1.29 is 32.6 Å². The molecule has 3 amide bonds. The molecule has 48 heavy (non-hydrogen) atoms. The molecule has 14 nitrogen and oxygen atoms in total. The van der Waals surface area contributed by atoms with E-state index in [1.165, 1.54) is 26.6 Å². The van der Waals surface area contributed by atoms with Gasteiger partial charge in [-0.2, -0.15) is 17.4 Å². The molecule has 1 aromatic heterocycles. The predicted octanol–water partition coefficient (Wildman–Crippen LogP) is 2.28. The van der Waals surface area contributed by atoms with Crippen LogP contribution in [-0.4, -0.2) is 95.7 Å². The smallest absolute Gasteiger partial charge is 0.408 e. The Morgan fingerprint density at radius 2 is 1.52 bits per heavy atom. The molecule has 5 atom stereocenters. The lowest BCUT2D eigenvalue weighted by Gasteiger charge is -2.32. The second kappa shape index (κ2) is 18.3. The number of H-pyrrole nitrogens is 1. The lowest BCUT2D eigenvalue weighted by Crippen LogP contribution is -2.58. The number of imidazole rings is 1. The number of carbonyl (C=O) groups excluding carboxylic acids is 3. The number of alkyl carbamates (subject to hydrolysis) is 1. The fourth-order valence-electron chi connectivity index (χ4n) is 4.89. The maximum Gasteiger partial charge on any atom is 0.408 e. The molecule has 2 aromatic rings. The highest BCUT2D eigenvalue weighted by molar-refractivity contribution is 7.87. The maximum atomic E-state index is 13.9. The van der Waals surface area contributed by atoms with Crippen LogP contribution in [0.5, 0.6) is 0 Å².